The number of rotatable bonds is 3. The first-order chi connectivity index (χ1) is 8.24. The average molecular weight is 232 g/mol. The summed E-state index contributed by atoms with van der Waals surface area (Å²) in [5.74, 6) is -0.0881. The van der Waals surface area contributed by atoms with Crippen LogP contribution in [0.1, 0.15) is 35.3 Å². The zero-order valence-corrected chi connectivity index (χ0v) is 9.67. The number of carboxylic acid groups (broad SMARTS) is 1. The summed E-state index contributed by atoms with van der Waals surface area (Å²) in [7, 11) is 0. The molecule has 0 spiro atoms. The highest BCUT2D eigenvalue weighted by Crippen LogP contribution is 2.38. The summed E-state index contributed by atoms with van der Waals surface area (Å²) in [6.45, 7) is 1.86. The zero-order valence-electron chi connectivity index (χ0n) is 9.67. The molecule has 90 valence electrons. The third-order valence-electron chi connectivity index (χ3n) is 3.99. The highest BCUT2D eigenvalue weighted by atomic mass is 16.4. The van der Waals surface area contributed by atoms with E-state index in [4.69, 9.17) is 5.11 Å². The molecule has 1 aromatic heterocycles. The van der Waals surface area contributed by atoms with Gasteiger partial charge in [0.25, 0.3) is 0 Å². The topological polar surface area (TPSA) is 53.4 Å². The number of likely N-dealkylation sites (tertiary alicyclic amines) is 1. The van der Waals surface area contributed by atoms with Crippen molar-refractivity contribution in [2.45, 2.75) is 31.8 Å². The SMILES string of the molecule is O=C(O)c1ncccc1CN1CC2CCC1C2. The number of aromatic carboxylic acids is 1. The van der Waals surface area contributed by atoms with Crippen molar-refractivity contribution in [3.05, 3.63) is 29.6 Å². The van der Waals surface area contributed by atoms with E-state index in [-0.39, 0.29) is 5.69 Å². The van der Waals surface area contributed by atoms with Crippen LogP contribution >= 0.6 is 0 Å². The van der Waals surface area contributed by atoms with E-state index in [1.165, 1.54) is 19.3 Å². The second-order valence-corrected chi connectivity index (χ2v) is 5.08. The highest BCUT2D eigenvalue weighted by molar-refractivity contribution is 5.86. The Kier molecular flexibility index (Phi) is 2.59. The fourth-order valence-corrected chi connectivity index (χ4v) is 3.20. The number of hydrogen-bond donors (Lipinski definition) is 1. The highest BCUT2D eigenvalue weighted by Gasteiger charge is 2.37. The Balaban J connectivity index is 1.79. The molecule has 4 nitrogen and oxygen atoms in total. The number of piperidine rings is 1. The molecule has 17 heavy (non-hydrogen) atoms. The van der Waals surface area contributed by atoms with Crippen LogP contribution in [0.15, 0.2) is 18.3 Å². The van der Waals surface area contributed by atoms with Gasteiger partial charge in [-0.25, -0.2) is 9.78 Å². The van der Waals surface area contributed by atoms with Gasteiger partial charge in [-0.2, -0.15) is 0 Å². The molecule has 2 fully saturated rings. The third kappa shape index (κ3) is 1.93. The Morgan fingerprint density at radius 1 is 1.53 bits per heavy atom. The van der Waals surface area contributed by atoms with Gasteiger partial charge in [-0.15, -0.1) is 0 Å². The summed E-state index contributed by atoms with van der Waals surface area (Å²) in [5.41, 5.74) is 1.04. The van der Waals surface area contributed by atoms with E-state index in [2.05, 4.69) is 9.88 Å². The Bertz CT molecular complexity index is 447. The Labute approximate surface area is 100 Å². The molecular weight excluding hydrogens is 216 g/mol. The van der Waals surface area contributed by atoms with Gasteiger partial charge in [0.15, 0.2) is 5.69 Å². The molecule has 2 aliphatic rings. The van der Waals surface area contributed by atoms with Gasteiger partial charge >= 0.3 is 5.97 Å². The lowest BCUT2D eigenvalue weighted by Gasteiger charge is -2.26. The summed E-state index contributed by atoms with van der Waals surface area (Å²) in [5, 5.41) is 9.09. The van der Waals surface area contributed by atoms with Crippen LogP contribution in [0.25, 0.3) is 0 Å². The number of nitrogens with zero attached hydrogens (tertiary/aromatic N) is 2. The van der Waals surface area contributed by atoms with Crippen LogP contribution in [-0.4, -0.2) is 33.5 Å². The van der Waals surface area contributed by atoms with Gasteiger partial charge in [0.2, 0.25) is 0 Å². The van der Waals surface area contributed by atoms with E-state index < -0.39 is 5.97 Å². The fourth-order valence-electron chi connectivity index (χ4n) is 3.20. The first kappa shape index (κ1) is 10.7. The van der Waals surface area contributed by atoms with Crippen molar-refractivity contribution < 1.29 is 9.90 Å². The molecule has 1 saturated carbocycles. The summed E-state index contributed by atoms with van der Waals surface area (Å²) < 4.78 is 0. The average Bonchev–Trinajstić information content (AvgIpc) is 2.91. The summed E-state index contributed by atoms with van der Waals surface area (Å²) in [6, 6.07) is 4.36. The molecule has 1 N–H and O–H groups in total. The number of carbonyl (C=O) groups is 1. The number of carboxylic acids is 1. The van der Waals surface area contributed by atoms with Gasteiger partial charge in [0, 0.05) is 25.3 Å². The van der Waals surface area contributed by atoms with Crippen molar-refractivity contribution in [2.75, 3.05) is 6.54 Å². The number of aromatic nitrogens is 1. The molecule has 1 aliphatic heterocycles. The molecule has 1 aromatic rings. The molecule has 1 aliphatic carbocycles. The number of hydrogen-bond acceptors (Lipinski definition) is 3. The minimum atomic E-state index is -0.926. The van der Waals surface area contributed by atoms with Gasteiger partial charge in [-0.1, -0.05) is 6.07 Å². The number of pyridine rings is 1. The van der Waals surface area contributed by atoms with Gasteiger partial charge in [-0.3, -0.25) is 4.90 Å². The monoisotopic (exact) mass is 232 g/mol. The maximum atomic E-state index is 11.1. The number of fused-ring (bicyclic) bond motifs is 2. The van der Waals surface area contributed by atoms with E-state index in [9.17, 15) is 4.79 Å². The van der Waals surface area contributed by atoms with Crippen LogP contribution < -0.4 is 0 Å². The molecule has 0 amide bonds. The zero-order chi connectivity index (χ0) is 11.8. The van der Waals surface area contributed by atoms with E-state index in [0.29, 0.717) is 6.04 Å². The summed E-state index contributed by atoms with van der Waals surface area (Å²) >= 11 is 0. The lowest BCUT2D eigenvalue weighted by molar-refractivity contribution is 0.0687. The minimum absolute atomic E-state index is 0.204. The molecular formula is C13H16N2O2. The lowest BCUT2D eigenvalue weighted by atomic mass is 10.1. The van der Waals surface area contributed by atoms with Gasteiger partial charge in [-0.05, 0) is 36.8 Å². The maximum absolute atomic E-state index is 11.1. The van der Waals surface area contributed by atoms with Crippen molar-refractivity contribution in [3.63, 3.8) is 0 Å². The van der Waals surface area contributed by atoms with Crippen LogP contribution in [0.2, 0.25) is 0 Å². The van der Waals surface area contributed by atoms with Crippen molar-refractivity contribution in [3.8, 4) is 0 Å². The normalized spacial score (nSPS) is 27.5. The predicted octanol–water partition coefficient (Wildman–Crippen LogP) is 1.76. The van der Waals surface area contributed by atoms with Crippen molar-refractivity contribution in [1.82, 2.24) is 9.88 Å². The smallest absolute Gasteiger partial charge is 0.354 e. The van der Waals surface area contributed by atoms with E-state index in [1.54, 1.807) is 6.20 Å². The van der Waals surface area contributed by atoms with Crippen molar-refractivity contribution in [2.24, 2.45) is 5.92 Å². The Morgan fingerprint density at radius 2 is 2.41 bits per heavy atom. The summed E-state index contributed by atoms with van der Waals surface area (Å²) in [4.78, 5) is 17.4. The first-order valence-electron chi connectivity index (χ1n) is 6.15. The van der Waals surface area contributed by atoms with Crippen LogP contribution in [0, 0.1) is 5.92 Å². The largest absolute Gasteiger partial charge is 0.477 e. The van der Waals surface area contributed by atoms with Crippen molar-refractivity contribution in [1.29, 1.82) is 0 Å². The van der Waals surface area contributed by atoms with E-state index >= 15 is 0 Å². The molecule has 4 heteroatoms. The molecule has 2 unspecified atom stereocenters. The van der Waals surface area contributed by atoms with Crippen LogP contribution in [0.3, 0.4) is 0 Å². The molecule has 0 radical (unpaired) electrons. The molecule has 1 saturated heterocycles. The predicted molar refractivity (Wildman–Crippen MR) is 62.7 cm³/mol. The van der Waals surface area contributed by atoms with Gasteiger partial charge < -0.3 is 5.11 Å². The van der Waals surface area contributed by atoms with Gasteiger partial charge in [0.1, 0.15) is 0 Å². The molecule has 2 heterocycles. The minimum Gasteiger partial charge on any atom is -0.477 e. The second kappa shape index (κ2) is 4.11. The van der Waals surface area contributed by atoms with Crippen LogP contribution in [0.5, 0.6) is 0 Å². The Morgan fingerprint density at radius 3 is 3.06 bits per heavy atom. The fraction of sp³-hybridized carbons (Fsp3) is 0.538. The van der Waals surface area contributed by atoms with E-state index in [1.807, 2.05) is 12.1 Å². The van der Waals surface area contributed by atoms with Crippen LogP contribution in [0.4, 0.5) is 0 Å². The van der Waals surface area contributed by atoms with Crippen LogP contribution in [-0.2, 0) is 6.54 Å². The molecule has 0 aromatic carbocycles. The second-order valence-electron chi connectivity index (χ2n) is 5.08. The van der Waals surface area contributed by atoms with E-state index in [0.717, 1.165) is 24.6 Å². The van der Waals surface area contributed by atoms with Crippen molar-refractivity contribution >= 4 is 5.97 Å². The molecule has 2 bridgehead atoms. The third-order valence-corrected chi connectivity index (χ3v) is 3.99. The standard InChI is InChI=1S/C13H16N2O2/c16-13(17)12-10(2-1-5-14-12)8-15-7-9-3-4-11(15)6-9/h1-2,5,9,11H,3-4,6-8H2,(H,16,17). The Hall–Kier alpha value is -1.42. The maximum Gasteiger partial charge on any atom is 0.354 e. The quantitative estimate of drug-likeness (QED) is 0.862. The van der Waals surface area contributed by atoms with Gasteiger partial charge in [0.05, 0.1) is 0 Å². The molecule has 2 atom stereocenters. The lowest BCUT2D eigenvalue weighted by Crippen LogP contribution is -2.32. The molecule has 3 rings (SSSR count). The first-order valence-corrected chi connectivity index (χ1v) is 6.15. The summed E-state index contributed by atoms with van der Waals surface area (Å²) in [6.07, 6.45) is 5.46.